The highest BCUT2D eigenvalue weighted by molar-refractivity contribution is 6.32. The normalized spacial score (nSPS) is 22.9. The van der Waals surface area contributed by atoms with Crippen LogP contribution >= 0.6 is 11.6 Å². The van der Waals surface area contributed by atoms with E-state index in [-0.39, 0.29) is 18.6 Å². The first-order valence-electron chi connectivity index (χ1n) is 7.44. The van der Waals surface area contributed by atoms with Gasteiger partial charge in [-0.3, -0.25) is 4.79 Å². The van der Waals surface area contributed by atoms with E-state index in [4.69, 9.17) is 16.7 Å². The Hall–Kier alpha value is -1.32. The van der Waals surface area contributed by atoms with Gasteiger partial charge in [0.15, 0.2) is 0 Å². The third-order valence-corrected chi connectivity index (χ3v) is 4.42. The van der Waals surface area contributed by atoms with Crippen molar-refractivity contribution in [1.29, 1.82) is 0 Å². The molecule has 1 fully saturated rings. The monoisotopic (exact) mass is 307 g/mol. The summed E-state index contributed by atoms with van der Waals surface area (Å²) in [5.74, 6) is 0.361. The van der Waals surface area contributed by atoms with Gasteiger partial charge in [0, 0.05) is 23.2 Å². The van der Waals surface area contributed by atoms with E-state index in [2.05, 4.69) is 5.32 Å². The number of rotatable bonds is 4. The fourth-order valence-electron chi connectivity index (χ4n) is 2.68. The molecule has 0 aliphatic heterocycles. The molecule has 114 valence electrons. The molecular formula is C17H22ClNO2. The molecule has 1 aromatic rings. The second kappa shape index (κ2) is 7.62. The summed E-state index contributed by atoms with van der Waals surface area (Å²) in [5, 5.41) is 12.8. The smallest absolute Gasteiger partial charge is 0.247 e. The molecule has 0 saturated heterocycles. The zero-order chi connectivity index (χ0) is 15.2. The molecule has 2 N–H and O–H groups in total. The first kappa shape index (κ1) is 16.1. The molecular weight excluding hydrogens is 286 g/mol. The lowest BCUT2D eigenvalue weighted by Crippen LogP contribution is -2.38. The van der Waals surface area contributed by atoms with Crippen molar-refractivity contribution in [3.8, 4) is 0 Å². The molecule has 0 spiro atoms. The Bertz CT molecular complexity index is 519. The van der Waals surface area contributed by atoms with E-state index in [9.17, 15) is 4.79 Å². The van der Waals surface area contributed by atoms with Gasteiger partial charge in [-0.25, -0.2) is 0 Å². The van der Waals surface area contributed by atoms with Crippen LogP contribution in [-0.4, -0.2) is 23.7 Å². The zero-order valence-electron chi connectivity index (χ0n) is 12.3. The molecule has 3 nitrogen and oxygen atoms in total. The SMILES string of the molecule is C/C(=C/c1ccccc1Cl)C(=O)NC1CCC(CO)CC1. The highest BCUT2D eigenvalue weighted by Gasteiger charge is 2.22. The van der Waals surface area contributed by atoms with Crippen LogP contribution in [0.2, 0.25) is 5.02 Å². The summed E-state index contributed by atoms with van der Waals surface area (Å²) in [6, 6.07) is 7.70. The maximum Gasteiger partial charge on any atom is 0.247 e. The fourth-order valence-corrected chi connectivity index (χ4v) is 2.87. The molecule has 1 saturated carbocycles. The zero-order valence-corrected chi connectivity index (χ0v) is 13.1. The van der Waals surface area contributed by atoms with E-state index in [1.54, 1.807) is 6.92 Å². The maximum atomic E-state index is 12.2. The number of hydrogen-bond acceptors (Lipinski definition) is 2. The number of carbonyl (C=O) groups is 1. The van der Waals surface area contributed by atoms with E-state index in [1.807, 2.05) is 30.3 Å². The average molecular weight is 308 g/mol. The van der Waals surface area contributed by atoms with Gasteiger partial charge in [0.2, 0.25) is 5.91 Å². The largest absolute Gasteiger partial charge is 0.396 e. The van der Waals surface area contributed by atoms with Gasteiger partial charge in [-0.15, -0.1) is 0 Å². The quantitative estimate of drug-likeness (QED) is 0.838. The lowest BCUT2D eigenvalue weighted by atomic mass is 9.86. The average Bonchev–Trinajstić information content (AvgIpc) is 2.50. The fraction of sp³-hybridized carbons (Fsp3) is 0.471. The summed E-state index contributed by atoms with van der Waals surface area (Å²) in [6.07, 6.45) is 5.66. The predicted octanol–water partition coefficient (Wildman–Crippen LogP) is 3.41. The van der Waals surface area contributed by atoms with Crippen molar-refractivity contribution >= 4 is 23.6 Å². The topological polar surface area (TPSA) is 49.3 Å². The molecule has 0 atom stereocenters. The third-order valence-electron chi connectivity index (χ3n) is 4.08. The highest BCUT2D eigenvalue weighted by atomic mass is 35.5. The number of aliphatic hydroxyl groups is 1. The van der Waals surface area contributed by atoms with Crippen LogP contribution in [-0.2, 0) is 4.79 Å². The van der Waals surface area contributed by atoms with Crippen molar-refractivity contribution < 1.29 is 9.90 Å². The van der Waals surface area contributed by atoms with Crippen molar-refractivity contribution in [3.05, 3.63) is 40.4 Å². The summed E-state index contributed by atoms with van der Waals surface area (Å²) in [6.45, 7) is 2.06. The van der Waals surface area contributed by atoms with Gasteiger partial charge in [-0.05, 0) is 56.2 Å². The Morgan fingerprint density at radius 3 is 2.62 bits per heavy atom. The van der Waals surface area contributed by atoms with Crippen molar-refractivity contribution in [1.82, 2.24) is 5.32 Å². The van der Waals surface area contributed by atoms with Gasteiger partial charge in [-0.1, -0.05) is 29.8 Å². The molecule has 0 unspecified atom stereocenters. The molecule has 2 rings (SSSR count). The van der Waals surface area contributed by atoms with E-state index < -0.39 is 0 Å². The highest BCUT2D eigenvalue weighted by Crippen LogP contribution is 2.24. The minimum absolute atomic E-state index is 0.0395. The number of amides is 1. The van der Waals surface area contributed by atoms with Crippen molar-refractivity contribution in [2.24, 2.45) is 5.92 Å². The molecule has 0 bridgehead atoms. The van der Waals surface area contributed by atoms with Gasteiger partial charge in [0.25, 0.3) is 0 Å². The van der Waals surface area contributed by atoms with Gasteiger partial charge in [0.05, 0.1) is 0 Å². The predicted molar refractivity (Wildman–Crippen MR) is 86.1 cm³/mol. The number of halogens is 1. The lowest BCUT2D eigenvalue weighted by molar-refractivity contribution is -0.118. The van der Waals surface area contributed by atoms with Gasteiger partial charge in [0.1, 0.15) is 0 Å². The van der Waals surface area contributed by atoms with Crippen molar-refractivity contribution in [2.45, 2.75) is 38.6 Å². The standard InChI is InChI=1S/C17H22ClNO2/c1-12(10-14-4-2-3-5-16(14)18)17(21)19-15-8-6-13(11-20)7-9-15/h2-5,10,13,15,20H,6-9,11H2,1H3,(H,19,21)/b12-10-. The number of nitrogens with one attached hydrogen (secondary N) is 1. The molecule has 0 radical (unpaired) electrons. The number of carbonyl (C=O) groups excluding carboxylic acids is 1. The van der Waals surface area contributed by atoms with Crippen LogP contribution in [0.3, 0.4) is 0 Å². The first-order valence-corrected chi connectivity index (χ1v) is 7.82. The molecule has 0 aromatic heterocycles. The molecule has 1 amide bonds. The van der Waals surface area contributed by atoms with Crippen molar-refractivity contribution in [3.63, 3.8) is 0 Å². The van der Waals surface area contributed by atoms with E-state index in [0.29, 0.717) is 16.5 Å². The summed E-state index contributed by atoms with van der Waals surface area (Å²) in [7, 11) is 0. The summed E-state index contributed by atoms with van der Waals surface area (Å²) < 4.78 is 0. The Labute approximate surface area is 131 Å². The second-order valence-corrected chi connectivity index (χ2v) is 6.13. The van der Waals surface area contributed by atoms with Crippen LogP contribution in [0.15, 0.2) is 29.8 Å². The first-order chi connectivity index (χ1) is 10.1. The van der Waals surface area contributed by atoms with Crippen LogP contribution in [0, 0.1) is 5.92 Å². The number of benzene rings is 1. The van der Waals surface area contributed by atoms with Crippen LogP contribution in [0.1, 0.15) is 38.2 Å². The van der Waals surface area contributed by atoms with Gasteiger partial charge in [-0.2, -0.15) is 0 Å². The van der Waals surface area contributed by atoms with Gasteiger partial charge >= 0.3 is 0 Å². The Kier molecular flexibility index (Phi) is 5.83. The van der Waals surface area contributed by atoms with E-state index >= 15 is 0 Å². The Balaban J connectivity index is 1.93. The molecule has 21 heavy (non-hydrogen) atoms. The van der Waals surface area contributed by atoms with Gasteiger partial charge < -0.3 is 10.4 Å². The Morgan fingerprint density at radius 1 is 1.33 bits per heavy atom. The molecule has 1 aromatic carbocycles. The van der Waals surface area contributed by atoms with Crippen LogP contribution in [0.25, 0.3) is 6.08 Å². The lowest BCUT2D eigenvalue weighted by Gasteiger charge is -2.28. The number of hydrogen-bond donors (Lipinski definition) is 2. The molecule has 1 aliphatic rings. The minimum atomic E-state index is -0.0395. The van der Waals surface area contributed by atoms with E-state index in [0.717, 1.165) is 31.2 Å². The van der Waals surface area contributed by atoms with E-state index in [1.165, 1.54) is 0 Å². The summed E-state index contributed by atoms with van der Waals surface area (Å²) >= 11 is 6.10. The molecule has 4 heteroatoms. The van der Waals surface area contributed by atoms with Crippen LogP contribution in [0.5, 0.6) is 0 Å². The minimum Gasteiger partial charge on any atom is -0.396 e. The number of aliphatic hydroxyl groups excluding tert-OH is 1. The maximum absolute atomic E-state index is 12.2. The van der Waals surface area contributed by atoms with Crippen LogP contribution < -0.4 is 5.32 Å². The second-order valence-electron chi connectivity index (χ2n) is 5.72. The van der Waals surface area contributed by atoms with Crippen molar-refractivity contribution in [2.75, 3.05) is 6.61 Å². The summed E-state index contributed by atoms with van der Waals surface area (Å²) in [4.78, 5) is 12.2. The molecule has 0 heterocycles. The third kappa shape index (κ3) is 4.58. The summed E-state index contributed by atoms with van der Waals surface area (Å²) in [5.41, 5.74) is 1.52. The van der Waals surface area contributed by atoms with Crippen LogP contribution in [0.4, 0.5) is 0 Å². The Morgan fingerprint density at radius 2 is 2.00 bits per heavy atom. The molecule has 1 aliphatic carbocycles.